The molecule has 2 heterocycles. The van der Waals surface area contributed by atoms with E-state index in [2.05, 4.69) is 9.97 Å². The average molecular weight is 468 g/mol. The molecule has 0 aliphatic carbocycles. The Morgan fingerprint density at radius 1 is 1.06 bits per heavy atom. The average Bonchev–Trinajstić information content (AvgIpc) is 2.79. The minimum atomic E-state index is -0.722. The highest BCUT2D eigenvalue weighted by Gasteiger charge is 2.17. The molecule has 0 bridgehead atoms. The molecule has 0 amide bonds. The molecule has 0 aliphatic heterocycles. The standard InChI is InChI=1S/C24H16ClF2N3O3/c25-22-21(7-8-30-24(22)28)33-20-6-1-13(9-18(20)27)10-19(31)17-12-29-11-16(23(17)32)14-2-4-15(26)5-3-14/h1-9,11-12H,10H2,(H2,28,30)(H,29,32). The van der Waals surface area contributed by atoms with Gasteiger partial charge >= 0.3 is 0 Å². The number of nitrogens with two attached hydrogens (primary N) is 1. The Bertz CT molecular complexity index is 1410. The smallest absolute Gasteiger partial charge is 0.200 e. The minimum Gasteiger partial charge on any atom is -0.453 e. The maximum Gasteiger partial charge on any atom is 0.200 e. The van der Waals surface area contributed by atoms with Crippen LogP contribution in [0.2, 0.25) is 5.02 Å². The monoisotopic (exact) mass is 467 g/mol. The topological polar surface area (TPSA) is 98.1 Å². The molecule has 0 fully saturated rings. The Balaban J connectivity index is 1.55. The third kappa shape index (κ3) is 4.75. The first-order chi connectivity index (χ1) is 15.8. The Labute approximate surface area is 191 Å². The van der Waals surface area contributed by atoms with Gasteiger partial charge in [0, 0.05) is 36.6 Å². The summed E-state index contributed by atoms with van der Waals surface area (Å²) in [6.45, 7) is 0. The number of ether oxygens (including phenoxy) is 1. The van der Waals surface area contributed by atoms with E-state index in [-0.39, 0.29) is 39.9 Å². The third-order valence-electron chi connectivity index (χ3n) is 4.86. The van der Waals surface area contributed by atoms with Crippen LogP contribution in [-0.4, -0.2) is 15.8 Å². The van der Waals surface area contributed by atoms with Crippen molar-refractivity contribution in [2.45, 2.75) is 6.42 Å². The fourth-order valence-electron chi connectivity index (χ4n) is 3.19. The molecule has 0 aliphatic rings. The van der Waals surface area contributed by atoms with Gasteiger partial charge in [-0.3, -0.25) is 9.59 Å². The molecule has 0 unspecified atom stereocenters. The predicted molar refractivity (Wildman–Crippen MR) is 121 cm³/mol. The van der Waals surface area contributed by atoms with Crippen LogP contribution in [0.1, 0.15) is 15.9 Å². The van der Waals surface area contributed by atoms with E-state index in [1.807, 2.05) is 0 Å². The lowest BCUT2D eigenvalue weighted by Gasteiger charge is -2.10. The van der Waals surface area contributed by atoms with Crippen molar-refractivity contribution in [2.75, 3.05) is 5.73 Å². The molecule has 4 rings (SSSR count). The highest BCUT2D eigenvalue weighted by Crippen LogP contribution is 2.33. The molecule has 0 spiro atoms. The number of benzene rings is 2. The molecule has 2 aromatic heterocycles. The number of anilines is 1. The SMILES string of the molecule is Nc1nccc(Oc2ccc(CC(=O)c3c[nH]cc(-c4ccc(F)cc4)c3=O)cc2F)c1Cl. The van der Waals surface area contributed by atoms with Gasteiger partial charge in [0.2, 0.25) is 0 Å². The van der Waals surface area contributed by atoms with E-state index in [0.29, 0.717) is 11.1 Å². The fourth-order valence-corrected chi connectivity index (χ4v) is 3.34. The quantitative estimate of drug-likeness (QED) is 0.381. The summed E-state index contributed by atoms with van der Waals surface area (Å²) < 4.78 is 33.2. The van der Waals surface area contributed by atoms with Crippen molar-refractivity contribution in [1.82, 2.24) is 9.97 Å². The van der Waals surface area contributed by atoms with Gasteiger partial charge in [-0.1, -0.05) is 29.8 Å². The van der Waals surface area contributed by atoms with E-state index in [0.717, 1.165) is 6.07 Å². The van der Waals surface area contributed by atoms with Gasteiger partial charge in [0.05, 0.1) is 5.56 Å². The molecular formula is C24H16ClF2N3O3. The highest BCUT2D eigenvalue weighted by atomic mass is 35.5. The summed E-state index contributed by atoms with van der Waals surface area (Å²) >= 11 is 6.01. The van der Waals surface area contributed by atoms with Gasteiger partial charge in [0.15, 0.2) is 28.5 Å². The molecule has 0 radical (unpaired) electrons. The van der Waals surface area contributed by atoms with Crippen molar-refractivity contribution in [1.29, 1.82) is 0 Å². The Hall–Kier alpha value is -4.04. The fraction of sp³-hybridized carbons (Fsp3) is 0.0417. The lowest BCUT2D eigenvalue weighted by Crippen LogP contribution is -2.18. The van der Waals surface area contributed by atoms with Gasteiger partial charge in [-0.05, 0) is 35.4 Å². The van der Waals surface area contributed by atoms with Crippen molar-refractivity contribution in [3.8, 4) is 22.6 Å². The number of nitrogens with one attached hydrogen (secondary N) is 1. The number of Topliss-reactive ketones (excluding diaryl/α,β-unsaturated/α-hetero) is 1. The maximum atomic E-state index is 14.6. The van der Waals surface area contributed by atoms with Gasteiger partial charge in [0.25, 0.3) is 0 Å². The summed E-state index contributed by atoms with van der Waals surface area (Å²) in [5.74, 6) is -1.60. The number of hydrogen-bond donors (Lipinski definition) is 2. The largest absolute Gasteiger partial charge is 0.453 e. The van der Waals surface area contributed by atoms with Crippen LogP contribution in [0.25, 0.3) is 11.1 Å². The van der Waals surface area contributed by atoms with Crippen LogP contribution < -0.4 is 15.9 Å². The molecule has 0 saturated carbocycles. The van der Waals surface area contributed by atoms with Crippen LogP contribution in [0.3, 0.4) is 0 Å². The normalized spacial score (nSPS) is 10.8. The van der Waals surface area contributed by atoms with Crippen LogP contribution in [0, 0.1) is 11.6 Å². The predicted octanol–water partition coefficient (Wildman–Crippen LogP) is 5.17. The Morgan fingerprint density at radius 3 is 2.55 bits per heavy atom. The number of ketones is 1. The molecular weight excluding hydrogens is 452 g/mol. The number of nitrogen functional groups attached to an aromatic ring is 1. The van der Waals surface area contributed by atoms with E-state index < -0.39 is 22.8 Å². The van der Waals surface area contributed by atoms with Gasteiger partial charge in [0.1, 0.15) is 16.7 Å². The number of rotatable bonds is 6. The zero-order valence-electron chi connectivity index (χ0n) is 16.9. The molecule has 6 nitrogen and oxygen atoms in total. The van der Waals surface area contributed by atoms with Crippen molar-refractivity contribution in [2.24, 2.45) is 0 Å². The zero-order chi connectivity index (χ0) is 23.5. The highest BCUT2D eigenvalue weighted by molar-refractivity contribution is 6.34. The number of aromatic nitrogens is 2. The number of carbonyl (C=O) groups is 1. The summed E-state index contributed by atoms with van der Waals surface area (Å²) in [6, 6.07) is 10.8. The number of carbonyl (C=O) groups excluding carboxylic acids is 1. The van der Waals surface area contributed by atoms with E-state index in [1.54, 1.807) is 0 Å². The van der Waals surface area contributed by atoms with Crippen molar-refractivity contribution in [3.05, 3.63) is 105 Å². The van der Waals surface area contributed by atoms with Crippen LogP contribution in [0.5, 0.6) is 11.5 Å². The minimum absolute atomic E-state index is 0.0462. The summed E-state index contributed by atoms with van der Waals surface area (Å²) in [4.78, 5) is 32.2. The number of H-pyrrole nitrogens is 1. The van der Waals surface area contributed by atoms with E-state index in [9.17, 15) is 18.4 Å². The van der Waals surface area contributed by atoms with E-state index in [1.165, 1.54) is 61.1 Å². The molecule has 3 N–H and O–H groups in total. The van der Waals surface area contributed by atoms with Crippen LogP contribution >= 0.6 is 11.6 Å². The second-order valence-corrected chi connectivity index (χ2v) is 7.47. The third-order valence-corrected chi connectivity index (χ3v) is 5.24. The molecule has 33 heavy (non-hydrogen) atoms. The van der Waals surface area contributed by atoms with Crippen molar-refractivity contribution >= 4 is 23.2 Å². The number of aromatic amines is 1. The van der Waals surface area contributed by atoms with Crippen molar-refractivity contribution in [3.63, 3.8) is 0 Å². The van der Waals surface area contributed by atoms with Gasteiger partial charge in [-0.25, -0.2) is 13.8 Å². The van der Waals surface area contributed by atoms with Gasteiger partial charge in [-0.15, -0.1) is 0 Å². The summed E-state index contributed by atoms with van der Waals surface area (Å²) in [5, 5.41) is 0.0522. The van der Waals surface area contributed by atoms with E-state index >= 15 is 0 Å². The Morgan fingerprint density at radius 2 is 1.82 bits per heavy atom. The van der Waals surface area contributed by atoms with Crippen LogP contribution in [0.15, 0.2) is 71.9 Å². The van der Waals surface area contributed by atoms with Crippen LogP contribution in [0.4, 0.5) is 14.6 Å². The maximum absolute atomic E-state index is 14.6. The number of halogens is 3. The first-order valence-electron chi connectivity index (χ1n) is 9.70. The lowest BCUT2D eigenvalue weighted by atomic mass is 10.00. The number of pyridine rings is 2. The van der Waals surface area contributed by atoms with Gasteiger partial charge in [-0.2, -0.15) is 0 Å². The second-order valence-electron chi connectivity index (χ2n) is 7.09. The van der Waals surface area contributed by atoms with E-state index in [4.69, 9.17) is 22.1 Å². The number of nitrogens with zero attached hydrogens (tertiary/aromatic N) is 1. The molecule has 2 aromatic carbocycles. The summed E-state index contributed by atoms with van der Waals surface area (Å²) in [5.41, 5.74) is 6.06. The summed E-state index contributed by atoms with van der Waals surface area (Å²) in [6.07, 6.45) is 3.89. The second kappa shape index (κ2) is 9.22. The number of hydrogen-bond acceptors (Lipinski definition) is 5. The lowest BCUT2D eigenvalue weighted by molar-refractivity contribution is 0.0991. The van der Waals surface area contributed by atoms with Crippen LogP contribution in [-0.2, 0) is 6.42 Å². The van der Waals surface area contributed by atoms with Crippen molar-refractivity contribution < 1.29 is 18.3 Å². The zero-order valence-corrected chi connectivity index (χ0v) is 17.7. The molecule has 0 atom stereocenters. The molecule has 0 saturated heterocycles. The Kier molecular flexibility index (Phi) is 6.19. The molecule has 166 valence electrons. The molecule has 9 heteroatoms. The first kappa shape index (κ1) is 22.2. The molecule has 4 aromatic rings. The first-order valence-corrected chi connectivity index (χ1v) is 10.1. The summed E-state index contributed by atoms with van der Waals surface area (Å²) in [7, 11) is 0. The van der Waals surface area contributed by atoms with Gasteiger partial charge < -0.3 is 15.5 Å².